The number of nitrogens with one attached hydrogen (secondary N) is 1. The van der Waals surface area contributed by atoms with E-state index in [-0.39, 0.29) is 24.2 Å². The van der Waals surface area contributed by atoms with E-state index in [2.05, 4.69) is 37.3 Å². The van der Waals surface area contributed by atoms with Gasteiger partial charge in [-0.15, -0.1) is 0 Å². The van der Waals surface area contributed by atoms with Crippen molar-refractivity contribution >= 4 is 23.0 Å². The van der Waals surface area contributed by atoms with E-state index < -0.39 is 17.2 Å². The number of benzene rings is 4. The van der Waals surface area contributed by atoms with E-state index in [0.717, 1.165) is 60.5 Å². The lowest BCUT2D eigenvalue weighted by molar-refractivity contribution is -0.0206. The van der Waals surface area contributed by atoms with Crippen molar-refractivity contribution in [3.8, 4) is 5.75 Å². The second-order valence-electron chi connectivity index (χ2n) is 13.3. The number of carbonyl (C=O) groups is 1. The molecule has 5 aromatic rings. The molecule has 51 heavy (non-hydrogen) atoms. The Morgan fingerprint density at radius 2 is 1.55 bits per heavy atom. The largest absolute Gasteiger partial charge is 0.493 e. The van der Waals surface area contributed by atoms with Gasteiger partial charge in [-0.25, -0.2) is 22.8 Å². The number of aryl methyl sites for hydroxylation is 2. The highest BCUT2D eigenvalue weighted by Gasteiger charge is 2.44. The molecule has 2 aliphatic rings. The van der Waals surface area contributed by atoms with Gasteiger partial charge in [0, 0.05) is 66.4 Å². The average Bonchev–Trinajstić information content (AvgIpc) is 3.79. The normalized spacial score (nSPS) is 19.0. The molecule has 2 aliphatic heterocycles. The van der Waals surface area contributed by atoms with Crippen LogP contribution in [0, 0.1) is 37.2 Å². The van der Waals surface area contributed by atoms with Crippen molar-refractivity contribution in [3.63, 3.8) is 0 Å². The number of halogens is 3. The molecule has 0 unspecified atom stereocenters. The first-order valence-corrected chi connectivity index (χ1v) is 17.0. The molecule has 1 amide bonds. The molecule has 1 aromatic heterocycles. The van der Waals surface area contributed by atoms with Crippen molar-refractivity contribution in [2.24, 2.45) is 5.92 Å². The van der Waals surface area contributed by atoms with Crippen LogP contribution in [0.15, 0.2) is 91.5 Å². The Hall–Kier alpha value is -5.36. The molecule has 2 fully saturated rings. The Kier molecular flexibility index (Phi) is 9.68. The van der Waals surface area contributed by atoms with Crippen molar-refractivity contribution in [2.75, 3.05) is 54.5 Å². The Morgan fingerprint density at radius 1 is 0.882 bits per heavy atom. The van der Waals surface area contributed by atoms with Crippen LogP contribution in [0.2, 0.25) is 0 Å². The summed E-state index contributed by atoms with van der Waals surface area (Å²) in [5, 5.41) is 6.99. The molecule has 7 rings (SSSR count). The van der Waals surface area contributed by atoms with E-state index in [9.17, 15) is 13.6 Å². The number of carbonyl (C=O) groups excluding carboxylic acids is 1. The summed E-state index contributed by atoms with van der Waals surface area (Å²) in [5.41, 5.74) is 4.57. The Morgan fingerprint density at radius 3 is 2.20 bits per heavy atom. The fraction of sp³-hybridized carbons (Fsp3) is 0.308. The maximum Gasteiger partial charge on any atom is 0.255 e. The molecule has 2 saturated heterocycles. The molecule has 2 atom stereocenters. The summed E-state index contributed by atoms with van der Waals surface area (Å²) in [6, 6.07) is 21.1. The molecular weight excluding hydrogens is 657 g/mol. The van der Waals surface area contributed by atoms with Gasteiger partial charge in [-0.05, 0) is 98.1 Å². The highest BCUT2D eigenvalue weighted by Crippen LogP contribution is 2.42. The molecule has 0 saturated carbocycles. The quantitative estimate of drug-likeness (QED) is 0.170. The predicted octanol–water partition coefficient (Wildman–Crippen LogP) is 6.90. The molecule has 264 valence electrons. The highest BCUT2D eigenvalue weighted by molar-refractivity contribution is 6.04. The predicted molar refractivity (Wildman–Crippen MR) is 189 cm³/mol. The second kappa shape index (κ2) is 14.5. The van der Waals surface area contributed by atoms with Gasteiger partial charge in [-0.3, -0.25) is 4.79 Å². The zero-order chi connectivity index (χ0) is 35.5. The van der Waals surface area contributed by atoms with Gasteiger partial charge >= 0.3 is 0 Å². The molecular formula is C39H39F3N6O3. The van der Waals surface area contributed by atoms with Crippen LogP contribution < -0.4 is 19.9 Å². The number of hydrogen-bond acceptors (Lipinski definition) is 7. The van der Waals surface area contributed by atoms with Gasteiger partial charge in [-0.1, -0.05) is 6.07 Å². The number of piperazine rings is 1. The molecule has 12 heteroatoms. The molecule has 3 heterocycles. The van der Waals surface area contributed by atoms with Gasteiger partial charge in [0.05, 0.1) is 19.8 Å². The minimum absolute atomic E-state index is 0.0252. The van der Waals surface area contributed by atoms with Crippen LogP contribution in [0.1, 0.15) is 33.5 Å². The van der Waals surface area contributed by atoms with E-state index in [1.165, 1.54) is 42.7 Å². The summed E-state index contributed by atoms with van der Waals surface area (Å²) in [4.78, 5) is 21.3. The Labute approximate surface area is 294 Å². The summed E-state index contributed by atoms with van der Waals surface area (Å²) in [6.45, 7) is 8.39. The van der Waals surface area contributed by atoms with Gasteiger partial charge in [0.2, 0.25) is 0 Å². The molecule has 0 spiro atoms. The van der Waals surface area contributed by atoms with Crippen LogP contribution in [-0.2, 0) is 16.9 Å². The van der Waals surface area contributed by atoms with Crippen molar-refractivity contribution in [1.82, 2.24) is 14.8 Å². The third-order valence-corrected chi connectivity index (χ3v) is 9.67. The molecule has 0 bridgehead atoms. The van der Waals surface area contributed by atoms with E-state index in [1.54, 1.807) is 11.0 Å². The number of nitrogens with zero attached hydrogens (tertiary/aromatic N) is 5. The Balaban J connectivity index is 0.949. The maximum atomic E-state index is 15.0. The van der Waals surface area contributed by atoms with Gasteiger partial charge in [0.15, 0.2) is 0 Å². The van der Waals surface area contributed by atoms with E-state index in [0.29, 0.717) is 36.4 Å². The lowest BCUT2D eigenvalue weighted by Gasteiger charge is -2.37. The van der Waals surface area contributed by atoms with Crippen molar-refractivity contribution in [1.29, 1.82) is 0 Å². The standard InChI is InChI=1S/C39H39F3N6O3/c1-26-17-34(47-15-13-46(14-16-47)33-10-3-29(4-11-33)38(49)45-32-8-5-30(40)6-9-32)18-27(2)37(26)50-21-28-20-39(51-22-28,23-48-25-43-24-44-48)35-12-7-31(41)19-36(35)42/h3-12,17-19,24-25,28H,13-16,20-23H2,1-2H3,(H,45,49)/t28-,39+/m1/s1. The van der Waals surface area contributed by atoms with E-state index >= 15 is 4.39 Å². The van der Waals surface area contributed by atoms with Gasteiger partial charge < -0.3 is 24.6 Å². The second-order valence-corrected chi connectivity index (χ2v) is 13.3. The topological polar surface area (TPSA) is 84.8 Å². The lowest BCUT2D eigenvalue weighted by atomic mass is 9.87. The zero-order valence-electron chi connectivity index (χ0n) is 28.5. The first kappa shape index (κ1) is 34.1. The first-order chi connectivity index (χ1) is 24.7. The Bertz CT molecular complexity index is 1960. The number of ether oxygens (including phenoxy) is 2. The highest BCUT2D eigenvalue weighted by atomic mass is 19.1. The summed E-state index contributed by atoms with van der Waals surface area (Å²) >= 11 is 0. The van der Waals surface area contributed by atoms with Crippen LogP contribution in [-0.4, -0.2) is 60.1 Å². The minimum Gasteiger partial charge on any atom is -0.493 e. The number of anilines is 3. The third kappa shape index (κ3) is 7.56. The summed E-state index contributed by atoms with van der Waals surface area (Å²) in [6.07, 6.45) is 3.45. The maximum absolute atomic E-state index is 15.0. The van der Waals surface area contributed by atoms with Crippen LogP contribution in [0.4, 0.5) is 30.2 Å². The average molecular weight is 697 g/mol. The molecule has 4 aromatic carbocycles. The summed E-state index contributed by atoms with van der Waals surface area (Å²) in [7, 11) is 0. The summed E-state index contributed by atoms with van der Waals surface area (Å²) < 4.78 is 56.3. The fourth-order valence-corrected chi connectivity index (χ4v) is 7.11. The first-order valence-electron chi connectivity index (χ1n) is 17.0. The summed E-state index contributed by atoms with van der Waals surface area (Å²) in [5.74, 6) is -1.09. The fourth-order valence-electron chi connectivity index (χ4n) is 7.11. The van der Waals surface area contributed by atoms with Crippen LogP contribution in [0.5, 0.6) is 5.75 Å². The minimum atomic E-state index is -1.03. The number of rotatable bonds is 10. The molecule has 1 N–H and O–H groups in total. The van der Waals surface area contributed by atoms with E-state index in [1.807, 2.05) is 38.1 Å². The smallest absolute Gasteiger partial charge is 0.255 e. The molecule has 0 aliphatic carbocycles. The third-order valence-electron chi connectivity index (χ3n) is 9.67. The van der Waals surface area contributed by atoms with Gasteiger partial charge in [0.25, 0.3) is 5.91 Å². The number of amides is 1. The SMILES string of the molecule is Cc1cc(N2CCN(c3ccc(C(=O)Nc4ccc(F)cc4)cc3)CC2)cc(C)c1OC[C@@H]1CO[C@@](Cn2cncn2)(c2ccc(F)cc2F)C1. The van der Waals surface area contributed by atoms with E-state index in [4.69, 9.17) is 9.47 Å². The molecule has 0 radical (unpaired) electrons. The van der Waals surface area contributed by atoms with Crippen molar-refractivity contribution in [3.05, 3.63) is 131 Å². The molecule has 9 nitrogen and oxygen atoms in total. The van der Waals surface area contributed by atoms with Gasteiger partial charge in [-0.2, -0.15) is 5.10 Å². The monoisotopic (exact) mass is 696 g/mol. The van der Waals surface area contributed by atoms with Crippen molar-refractivity contribution < 1.29 is 27.4 Å². The number of aromatic nitrogens is 3. The van der Waals surface area contributed by atoms with Crippen LogP contribution in [0.3, 0.4) is 0 Å². The van der Waals surface area contributed by atoms with Crippen LogP contribution in [0.25, 0.3) is 0 Å². The number of hydrogen-bond donors (Lipinski definition) is 1. The van der Waals surface area contributed by atoms with Gasteiger partial charge in [0.1, 0.15) is 41.5 Å². The van der Waals surface area contributed by atoms with Crippen molar-refractivity contribution in [2.45, 2.75) is 32.4 Å². The van der Waals surface area contributed by atoms with Crippen LogP contribution >= 0.6 is 0 Å². The zero-order valence-corrected chi connectivity index (χ0v) is 28.5. The lowest BCUT2D eigenvalue weighted by Crippen LogP contribution is -2.46.